The van der Waals surface area contributed by atoms with Crippen LogP contribution in [-0.2, 0) is 17.8 Å². The van der Waals surface area contributed by atoms with E-state index in [-0.39, 0.29) is 6.42 Å². The van der Waals surface area contributed by atoms with E-state index in [1.807, 2.05) is 12.1 Å². The standard InChI is InChI=1S/C12H20N2O2S/c1-14(2)7-3-6-13-9-11-5-4-10(17-11)8-12(15)16/h4-5,13H,3,6-9H2,1-2H3,(H,15,16). The number of rotatable bonds is 8. The van der Waals surface area contributed by atoms with Gasteiger partial charge < -0.3 is 15.3 Å². The van der Waals surface area contributed by atoms with E-state index in [1.54, 1.807) is 11.3 Å². The average Bonchev–Trinajstić information content (AvgIpc) is 2.63. The largest absolute Gasteiger partial charge is 0.481 e. The van der Waals surface area contributed by atoms with Gasteiger partial charge in [-0.05, 0) is 45.7 Å². The summed E-state index contributed by atoms with van der Waals surface area (Å²) in [7, 11) is 4.13. The first-order chi connectivity index (χ1) is 8.08. The molecule has 17 heavy (non-hydrogen) atoms. The highest BCUT2D eigenvalue weighted by Gasteiger charge is 2.04. The molecule has 0 unspecified atom stereocenters. The Morgan fingerprint density at radius 3 is 2.76 bits per heavy atom. The van der Waals surface area contributed by atoms with Gasteiger partial charge in [0.1, 0.15) is 0 Å². The van der Waals surface area contributed by atoms with Crippen LogP contribution in [0.25, 0.3) is 0 Å². The summed E-state index contributed by atoms with van der Waals surface area (Å²) < 4.78 is 0. The van der Waals surface area contributed by atoms with Gasteiger partial charge >= 0.3 is 5.97 Å². The van der Waals surface area contributed by atoms with E-state index in [1.165, 1.54) is 4.88 Å². The Morgan fingerprint density at radius 2 is 2.12 bits per heavy atom. The normalized spacial score (nSPS) is 11.0. The van der Waals surface area contributed by atoms with Crippen LogP contribution in [0.4, 0.5) is 0 Å². The summed E-state index contributed by atoms with van der Waals surface area (Å²) in [6.07, 6.45) is 1.26. The fourth-order valence-electron chi connectivity index (χ4n) is 1.49. The van der Waals surface area contributed by atoms with Crippen molar-refractivity contribution in [2.24, 2.45) is 0 Å². The first-order valence-corrected chi connectivity index (χ1v) is 6.54. The van der Waals surface area contributed by atoms with Gasteiger partial charge in [0.05, 0.1) is 6.42 Å². The Labute approximate surface area is 106 Å². The van der Waals surface area contributed by atoms with Crippen molar-refractivity contribution < 1.29 is 9.90 Å². The Balaban J connectivity index is 2.18. The third-order valence-corrected chi connectivity index (χ3v) is 3.39. The van der Waals surface area contributed by atoms with E-state index in [4.69, 9.17) is 5.11 Å². The molecule has 0 atom stereocenters. The molecule has 0 aromatic carbocycles. The molecule has 0 saturated carbocycles. The first-order valence-electron chi connectivity index (χ1n) is 5.73. The molecule has 1 heterocycles. The van der Waals surface area contributed by atoms with E-state index in [2.05, 4.69) is 24.3 Å². The van der Waals surface area contributed by atoms with Crippen molar-refractivity contribution in [3.05, 3.63) is 21.9 Å². The molecule has 0 fully saturated rings. The maximum atomic E-state index is 10.5. The molecule has 1 aromatic heterocycles. The van der Waals surface area contributed by atoms with Crippen LogP contribution < -0.4 is 5.32 Å². The average molecular weight is 256 g/mol. The molecule has 1 aromatic rings. The van der Waals surface area contributed by atoms with Crippen LogP contribution in [0.2, 0.25) is 0 Å². The second-order valence-electron chi connectivity index (χ2n) is 4.27. The summed E-state index contributed by atoms with van der Waals surface area (Å²) in [5.41, 5.74) is 0. The minimum atomic E-state index is -0.766. The summed E-state index contributed by atoms with van der Waals surface area (Å²) in [4.78, 5) is 14.8. The predicted octanol–water partition coefficient (Wildman–Crippen LogP) is 1.42. The van der Waals surface area contributed by atoms with Gasteiger partial charge in [0.15, 0.2) is 0 Å². The second kappa shape index (κ2) is 7.42. The molecule has 96 valence electrons. The third kappa shape index (κ3) is 6.41. The number of carbonyl (C=O) groups is 1. The lowest BCUT2D eigenvalue weighted by Gasteiger charge is -2.09. The van der Waals surface area contributed by atoms with Gasteiger partial charge in [0, 0.05) is 16.3 Å². The van der Waals surface area contributed by atoms with Crippen molar-refractivity contribution >= 4 is 17.3 Å². The summed E-state index contributed by atoms with van der Waals surface area (Å²) in [6.45, 7) is 2.91. The Hall–Kier alpha value is -0.910. The van der Waals surface area contributed by atoms with Gasteiger partial charge in [0.25, 0.3) is 0 Å². The van der Waals surface area contributed by atoms with Crippen molar-refractivity contribution in [1.82, 2.24) is 10.2 Å². The fraction of sp³-hybridized carbons (Fsp3) is 0.583. The molecular formula is C12H20N2O2S. The highest BCUT2D eigenvalue weighted by Crippen LogP contribution is 2.16. The lowest BCUT2D eigenvalue weighted by atomic mass is 10.3. The van der Waals surface area contributed by atoms with E-state index in [0.717, 1.165) is 30.9 Å². The summed E-state index contributed by atoms with van der Waals surface area (Å²) in [5.74, 6) is -0.766. The van der Waals surface area contributed by atoms with Crippen molar-refractivity contribution in [3.63, 3.8) is 0 Å². The van der Waals surface area contributed by atoms with Crippen LogP contribution in [0.3, 0.4) is 0 Å². The Bertz CT molecular complexity index is 350. The van der Waals surface area contributed by atoms with Crippen LogP contribution in [-0.4, -0.2) is 43.2 Å². The highest BCUT2D eigenvalue weighted by molar-refractivity contribution is 7.12. The SMILES string of the molecule is CN(C)CCCNCc1ccc(CC(=O)O)s1. The van der Waals surface area contributed by atoms with E-state index in [9.17, 15) is 4.79 Å². The quantitative estimate of drug-likeness (QED) is 0.691. The van der Waals surface area contributed by atoms with Crippen LogP contribution in [0.1, 0.15) is 16.2 Å². The lowest BCUT2D eigenvalue weighted by molar-refractivity contribution is -0.136. The van der Waals surface area contributed by atoms with Gasteiger partial charge in [-0.3, -0.25) is 4.79 Å². The number of hydrogen-bond donors (Lipinski definition) is 2. The summed E-state index contributed by atoms with van der Waals surface area (Å²) in [6, 6.07) is 3.90. The molecule has 0 aliphatic carbocycles. The molecule has 0 bridgehead atoms. The number of thiophene rings is 1. The maximum absolute atomic E-state index is 10.5. The summed E-state index contributed by atoms with van der Waals surface area (Å²) in [5, 5.41) is 12.0. The highest BCUT2D eigenvalue weighted by atomic mass is 32.1. The minimum absolute atomic E-state index is 0.130. The molecule has 0 amide bonds. The molecule has 4 nitrogen and oxygen atoms in total. The molecule has 0 radical (unpaired) electrons. The van der Waals surface area contributed by atoms with E-state index < -0.39 is 5.97 Å². The van der Waals surface area contributed by atoms with Gasteiger partial charge in [-0.1, -0.05) is 0 Å². The smallest absolute Gasteiger partial charge is 0.308 e. The van der Waals surface area contributed by atoms with Crippen LogP contribution in [0.15, 0.2) is 12.1 Å². The number of carboxylic acid groups (broad SMARTS) is 1. The maximum Gasteiger partial charge on any atom is 0.308 e. The zero-order valence-electron chi connectivity index (χ0n) is 10.4. The number of nitrogens with one attached hydrogen (secondary N) is 1. The fourth-order valence-corrected chi connectivity index (χ4v) is 2.47. The molecule has 0 spiro atoms. The number of nitrogens with zero attached hydrogens (tertiary/aromatic N) is 1. The van der Waals surface area contributed by atoms with Crippen molar-refractivity contribution in [3.8, 4) is 0 Å². The van der Waals surface area contributed by atoms with E-state index in [0.29, 0.717) is 0 Å². The molecule has 0 aliphatic heterocycles. The molecule has 0 saturated heterocycles. The van der Waals surface area contributed by atoms with Gasteiger partial charge in [-0.2, -0.15) is 0 Å². The number of aliphatic carboxylic acids is 1. The van der Waals surface area contributed by atoms with Gasteiger partial charge in [-0.15, -0.1) is 11.3 Å². The molecule has 0 aliphatic rings. The Morgan fingerprint density at radius 1 is 1.41 bits per heavy atom. The van der Waals surface area contributed by atoms with Crippen LogP contribution in [0.5, 0.6) is 0 Å². The molecular weight excluding hydrogens is 236 g/mol. The van der Waals surface area contributed by atoms with Crippen molar-refractivity contribution in [2.45, 2.75) is 19.4 Å². The third-order valence-electron chi connectivity index (χ3n) is 2.30. The van der Waals surface area contributed by atoms with Crippen LogP contribution >= 0.6 is 11.3 Å². The van der Waals surface area contributed by atoms with E-state index >= 15 is 0 Å². The van der Waals surface area contributed by atoms with Gasteiger partial charge in [-0.25, -0.2) is 0 Å². The topological polar surface area (TPSA) is 52.6 Å². The van der Waals surface area contributed by atoms with Crippen molar-refractivity contribution in [2.75, 3.05) is 27.2 Å². The number of hydrogen-bond acceptors (Lipinski definition) is 4. The number of carboxylic acids is 1. The monoisotopic (exact) mass is 256 g/mol. The second-order valence-corrected chi connectivity index (χ2v) is 5.53. The summed E-state index contributed by atoms with van der Waals surface area (Å²) >= 11 is 1.57. The predicted molar refractivity (Wildman–Crippen MR) is 70.5 cm³/mol. The Kier molecular flexibility index (Phi) is 6.18. The zero-order chi connectivity index (χ0) is 12.7. The van der Waals surface area contributed by atoms with Crippen molar-refractivity contribution in [1.29, 1.82) is 0 Å². The first kappa shape index (κ1) is 14.2. The molecule has 1 rings (SSSR count). The lowest BCUT2D eigenvalue weighted by Crippen LogP contribution is -2.20. The zero-order valence-corrected chi connectivity index (χ0v) is 11.2. The molecule has 2 N–H and O–H groups in total. The minimum Gasteiger partial charge on any atom is -0.481 e. The molecule has 5 heteroatoms. The van der Waals surface area contributed by atoms with Gasteiger partial charge in [0.2, 0.25) is 0 Å². The van der Waals surface area contributed by atoms with Crippen LogP contribution in [0, 0.1) is 0 Å².